The Labute approximate surface area is 209 Å². The third-order valence-electron chi connectivity index (χ3n) is 6.26. The van der Waals surface area contributed by atoms with E-state index in [0.717, 1.165) is 87.5 Å². The van der Waals surface area contributed by atoms with Gasteiger partial charge in [-0.2, -0.15) is 0 Å². The van der Waals surface area contributed by atoms with Crippen LogP contribution < -0.4 is 4.90 Å². The number of anilines is 1. The third-order valence-corrected chi connectivity index (χ3v) is 6.50. The number of aromatic nitrogens is 1. The smallest absolute Gasteiger partial charge is 0.414 e. The number of carbonyl (C=O) groups excluding carboxylic acids is 2. The summed E-state index contributed by atoms with van der Waals surface area (Å²) >= 11 is 6.17. The highest BCUT2D eigenvalue weighted by Crippen LogP contribution is 2.30. The molecular weight excluding hydrogens is 450 g/mol. The SMILES string of the molecule is CCN(CC)CCCC(C)N(C(=O)OCCCCCCCC=O)c1ccnc2cc(Cl)ccc12. The molecule has 0 spiro atoms. The lowest BCUT2D eigenvalue weighted by Gasteiger charge is -2.30. The lowest BCUT2D eigenvalue weighted by Crippen LogP contribution is -2.40. The van der Waals surface area contributed by atoms with Crippen LogP contribution in [0, 0.1) is 0 Å². The molecule has 0 radical (unpaired) electrons. The Morgan fingerprint density at radius 3 is 2.56 bits per heavy atom. The van der Waals surface area contributed by atoms with Gasteiger partial charge in [-0.1, -0.05) is 44.7 Å². The molecule has 0 fully saturated rings. The quantitative estimate of drug-likeness (QED) is 0.190. The van der Waals surface area contributed by atoms with Crippen molar-refractivity contribution in [1.82, 2.24) is 9.88 Å². The molecular formula is C27H40ClN3O3. The van der Waals surface area contributed by atoms with Crippen molar-refractivity contribution >= 4 is 40.6 Å². The molecule has 34 heavy (non-hydrogen) atoms. The number of fused-ring (bicyclic) bond motifs is 1. The number of benzene rings is 1. The normalized spacial score (nSPS) is 12.1. The maximum Gasteiger partial charge on any atom is 0.414 e. The van der Waals surface area contributed by atoms with E-state index < -0.39 is 0 Å². The largest absolute Gasteiger partial charge is 0.449 e. The van der Waals surface area contributed by atoms with E-state index >= 15 is 0 Å². The van der Waals surface area contributed by atoms with E-state index in [1.165, 1.54) is 0 Å². The average Bonchev–Trinajstić information content (AvgIpc) is 2.83. The fourth-order valence-corrected chi connectivity index (χ4v) is 4.37. The van der Waals surface area contributed by atoms with Crippen molar-refractivity contribution in [2.75, 3.05) is 31.1 Å². The van der Waals surface area contributed by atoms with Crippen molar-refractivity contribution < 1.29 is 14.3 Å². The lowest BCUT2D eigenvalue weighted by atomic mass is 10.1. The minimum atomic E-state index is -0.321. The number of rotatable bonds is 16. The van der Waals surface area contributed by atoms with Crippen molar-refractivity contribution in [1.29, 1.82) is 0 Å². The molecule has 1 amide bonds. The number of pyridine rings is 1. The van der Waals surface area contributed by atoms with Gasteiger partial charge in [-0.3, -0.25) is 9.88 Å². The lowest BCUT2D eigenvalue weighted by molar-refractivity contribution is -0.107. The minimum Gasteiger partial charge on any atom is -0.449 e. The Hall–Kier alpha value is -2.18. The monoisotopic (exact) mass is 489 g/mol. The molecule has 1 unspecified atom stereocenters. The third kappa shape index (κ3) is 8.88. The predicted octanol–water partition coefficient (Wildman–Crippen LogP) is 6.88. The van der Waals surface area contributed by atoms with Gasteiger partial charge in [-0.05, 0) is 76.5 Å². The fraction of sp³-hybridized carbons (Fsp3) is 0.593. The van der Waals surface area contributed by atoms with E-state index in [1.807, 2.05) is 24.3 Å². The van der Waals surface area contributed by atoms with Crippen molar-refractivity contribution in [3.8, 4) is 0 Å². The van der Waals surface area contributed by atoms with E-state index in [9.17, 15) is 9.59 Å². The van der Waals surface area contributed by atoms with Gasteiger partial charge in [0.15, 0.2) is 0 Å². The van der Waals surface area contributed by atoms with Crippen LogP contribution in [0.25, 0.3) is 10.9 Å². The highest BCUT2D eigenvalue weighted by atomic mass is 35.5. The highest BCUT2D eigenvalue weighted by molar-refractivity contribution is 6.31. The van der Waals surface area contributed by atoms with E-state index in [1.54, 1.807) is 11.1 Å². The molecule has 1 heterocycles. The predicted molar refractivity (Wildman–Crippen MR) is 141 cm³/mol. The van der Waals surface area contributed by atoms with Crippen LogP contribution in [0.1, 0.15) is 72.1 Å². The molecule has 1 aromatic carbocycles. The Morgan fingerprint density at radius 2 is 1.82 bits per heavy atom. The Kier molecular flexibility index (Phi) is 12.9. The van der Waals surface area contributed by atoms with E-state index in [2.05, 4.69) is 30.7 Å². The van der Waals surface area contributed by atoms with Gasteiger partial charge < -0.3 is 14.4 Å². The number of nitrogens with zero attached hydrogens (tertiary/aromatic N) is 3. The van der Waals surface area contributed by atoms with E-state index in [-0.39, 0.29) is 12.1 Å². The second kappa shape index (κ2) is 15.7. The summed E-state index contributed by atoms with van der Waals surface area (Å²) in [5.41, 5.74) is 1.56. The van der Waals surface area contributed by atoms with Gasteiger partial charge >= 0.3 is 6.09 Å². The van der Waals surface area contributed by atoms with Crippen LogP contribution in [-0.4, -0.2) is 54.5 Å². The summed E-state index contributed by atoms with van der Waals surface area (Å²) in [6.45, 7) is 9.89. The van der Waals surface area contributed by atoms with Crippen LogP contribution in [-0.2, 0) is 9.53 Å². The van der Waals surface area contributed by atoms with Gasteiger partial charge in [0.05, 0.1) is 17.8 Å². The first-order valence-corrected chi connectivity index (χ1v) is 13.1. The molecule has 0 aliphatic carbocycles. The van der Waals surface area contributed by atoms with Gasteiger partial charge in [0.1, 0.15) is 6.29 Å². The zero-order valence-corrected chi connectivity index (χ0v) is 21.7. The second-order valence-electron chi connectivity index (χ2n) is 8.72. The number of ether oxygens (including phenoxy) is 1. The van der Waals surface area contributed by atoms with Gasteiger partial charge in [-0.25, -0.2) is 4.79 Å². The maximum atomic E-state index is 13.3. The highest BCUT2D eigenvalue weighted by Gasteiger charge is 2.25. The molecule has 0 saturated carbocycles. The summed E-state index contributed by atoms with van der Waals surface area (Å²) in [6, 6.07) is 7.43. The van der Waals surface area contributed by atoms with Crippen LogP contribution in [0.4, 0.5) is 10.5 Å². The molecule has 1 aromatic heterocycles. The van der Waals surface area contributed by atoms with Crippen LogP contribution in [0.3, 0.4) is 0 Å². The molecule has 2 aromatic rings. The van der Waals surface area contributed by atoms with Crippen molar-refractivity contribution in [3.05, 3.63) is 35.5 Å². The molecule has 0 aliphatic rings. The van der Waals surface area contributed by atoms with Gasteiger partial charge in [-0.15, -0.1) is 0 Å². The average molecular weight is 490 g/mol. The molecule has 2 rings (SSSR count). The van der Waals surface area contributed by atoms with Crippen LogP contribution in [0.5, 0.6) is 0 Å². The van der Waals surface area contributed by atoms with E-state index in [0.29, 0.717) is 18.1 Å². The molecule has 0 aliphatic heterocycles. The van der Waals surface area contributed by atoms with Crippen LogP contribution >= 0.6 is 11.6 Å². The standard InChI is InChI=1S/C27H40ClN3O3/c1-4-30(5-2)18-12-13-22(3)31(27(33)34-20-11-9-7-6-8-10-19-32)26-16-17-29-25-21-23(28)14-15-24(25)26/h14-17,19,21-22H,4-13,18,20H2,1-3H3. The molecule has 7 heteroatoms. The Balaban J connectivity index is 2.08. The zero-order chi connectivity index (χ0) is 24.8. The summed E-state index contributed by atoms with van der Waals surface area (Å²) < 4.78 is 5.72. The first-order chi connectivity index (χ1) is 16.5. The van der Waals surface area contributed by atoms with Crippen molar-refractivity contribution in [2.24, 2.45) is 0 Å². The number of carbonyl (C=O) groups is 2. The first kappa shape index (κ1) is 28.1. The number of hydrogen-bond donors (Lipinski definition) is 0. The Bertz CT molecular complexity index is 889. The summed E-state index contributed by atoms with van der Waals surface area (Å²) in [6.07, 6.45) is 9.70. The molecule has 1 atom stereocenters. The number of aldehydes is 1. The number of unbranched alkanes of at least 4 members (excludes halogenated alkanes) is 5. The van der Waals surface area contributed by atoms with Gasteiger partial charge in [0.2, 0.25) is 0 Å². The number of hydrogen-bond acceptors (Lipinski definition) is 5. The van der Waals surface area contributed by atoms with E-state index in [4.69, 9.17) is 16.3 Å². The molecule has 0 bridgehead atoms. The second-order valence-corrected chi connectivity index (χ2v) is 9.15. The van der Waals surface area contributed by atoms with Crippen LogP contribution in [0.2, 0.25) is 5.02 Å². The zero-order valence-electron chi connectivity index (χ0n) is 21.0. The Morgan fingerprint density at radius 1 is 1.09 bits per heavy atom. The summed E-state index contributed by atoms with van der Waals surface area (Å²) in [4.78, 5) is 32.3. The fourth-order valence-electron chi connectivity index (χ4n) is 4.20. The van der Waals surface area contributed by atoms with Crippen LogP contribution in [0.15, 0.2) is 30.5 Å². The van der Waals surface area contributed by atoms with Crippen molar-refractivity contribution in [3.63, 3.8) is 0 Å². The van der Waals surface area contributed by atoms with Gasteiger partial charge in [0, 0.05) is 29.1 Å². The first-order valence-electron chi connectivity index (χ1n) is 12.7. The molecule has 188 valence electrons. The minimum absolute atomic E-state index is 0.0207. The topological polar surface area (TPSA) is 62.7 Å². The van der Waals surface area contributed by atoms with Crippen molar-refractivity contribution in [2.45, 2.75) is 78.2 Å². The summed E-state index contributed by atoms with van der Waals surface area (Å²) in [5.74, 6) is 0. The van der Waals surface area contributed by atoms with Gasteiger partial charge in [0.25, 0.3) is 0 Å². The number of amides is 1. The molecule has 0 N–H and O–H groups in total. The summed E-state index contributed by atoms with van der Waals surface area (Å²) in [7, 11) is 0. The molecule has 6 nitrogen and oxygen atoms in total. The summed E-state index contributed by atoms with van der Waals surface area (Å²) in [5, 5.41) is 1.50. The molecule has 0 saturated heterocycles. The number of halogens is 1. The maximum absolute atomic E-state index is 13.3.